The van der Waals surface area contributed by atoms with Crippen molar-refractivity contribution in [3.63, 3.8) is 0 Å². The maximum absolute atomic E-state index is 12.2. The number of rotatable bonds is 9. The highest BCUT2D eigenvalue weighted by Crippen LogP contribution is 2.16. The molecule has 1 unspecified atom stereocenters. The van der Waals surface area contributed by atoms with Crippen molar-refractivity contribution in [3.8, 4) is 0 Å². The lowest BCUT2D eigenvalue weighted by molar-refractivity contribution is -0.136. The molecule has 1 aromatic carbocycles. The molecule has 4 nitrogen and oxygen atoms in total. The molecule has 0 saturated carbocycles. The van der Waals surface area contributed by atoms with Crippen LogP contribution in [0.25, 0.3) is 0 Å². The number of aliphatic carboxylic acids is 1. The Kier molecular flexibility index (Phi) is 7.18. The Labute approximate surface area is 131 Å². The average Bonchev–Trinajstić information content (AvgIpc) is 2.42. The summed E-state index contributed by atoms with van der Waals surface area (Å²) in [5, 5.41) is 8.44. The molecular weight excluding hydrogens is 312 g/mol. The molecule has 1 atom stereocenters. The van der Waals surface area contributed by atoms with Crippen molar-refractivity contribution in [2.45, 2.75) is 44.3 Å². The molecule has 0 fully saturated rings. The van der Waals surface area contributed by atoms with Crippen LogP contribution in [0.1, 0.15) is 38.2 Å². The van der Waals surface area contributed by atoms with Crippen molar-refractivity contribution in [3.05, 3.63) is 34.9 Å². The van der Waals surface area contributed by atoms with E-state index in [4.69, 9.17) is 16.7 Å². The van der Waals surface area contributed by atoms with E-state index in [-0.39, 0.29) is 12.2 Å². The van der Waals surface area contributed by atoms with Crippen LogP contribution in [0.3, 0.4) is 0 Å². The molecule has 0 aliphatic rings. The first-order valence-corrected chi connectivity index (χ1v) is 9.15. The van der Waals surface area contributed by atoms with Gasteiger partial charge in [0.15, 0.2) is 15.1 Å². The van der Waals surface area contributed by atoms with E-state index in [1.54, 1.807) is 24.3 Å². The highest BCUT2D eigenvalue weighted by atomic mass is 35.5. The number of unbranched alkanes of at least 4 members (excludes halogenated alkanes) is 2. The van der Waals surface area contributed by atoms with Gasteiger partial charge < -0.3 is 5.11 Å². The van der Waals surface area contributed by atoms with Crippen LogP contribution in [0.2, 0.25) is 5.02 Å². The number of hydrogen-bond donors (Lipinski definition) is 1. The monoisotopic (exact) mass is 332 g/mol. The third-order valence-corrected chi connectivity index (χ3v) is 5.70. The molecule has 0 aliphatic heterocycles. The Morgan fingerprint density at radius 2 is 1.86 bits per heavy atom. The summed E-state index contributed by atoms with van der Waals surface area (Å²) in [6, 6.07) is 6.90. The lowest BCUT2D eigenvalue weighted by atomic mass is 10.1. The van der Waals surface area contributed by atoms with Gasteiger partial charge in [-0.3, -0.25) is 4.79 Å². The van der Waals surface area contributed by atoms with Crippen LogP contribution >= 0.6 is 11.6 Å². The second-order valence-electron chi connectivity index (χ2n) is 5.07. The summed E-state index contributed by atoms with van der Waals surface area (Å²) in [6.45, 7) is 1.99. The van der Waals surface area contributed by atoms with E-state index in [2.05, 4.69) is 0 Å². The van der Waals surface area contributed by atoms with Crippen molar-refractivity contribution >= 4 is 27.4 Å². The molecular formula is C15H21ClO4S. The zero-order valence-electron chi connectivity index (χ0n) is 12.1. The van der Waals surface area contributed by atoms with Gasteiger partial charge in [-0.15, -0.1) is 0 Å². The molecule has 6 heteroatoms. The van der Waals surface area contributed by atoms with E-state index >= 15 is 0 Å². The van der Waals surface area contributed by atoms with Gasteiger partial charge in [0.1, 0.15) is 0 Å². The van der Waals surface area contributed by atoms with Crippen LogP contribution in [0.5, 0.6) is 0 Å². The van der Waals surface area contributed by atoms with E-state index in [1.165, 1.54) is 0 Å². The van der Waals surface area contributed by atoms with E-state index in [0.717, 1.165) is 18.4 Å². The summed E-state index contributed by atoms with van der Waals surface area (Å²) >= 11 is 5.77. The first kappa shape index (κ1) is 18.0. The number of benzene rings is 1. The summed E-state index contributed by atoms with van der Waals surface area (Å²) in [7, 11) is -3.64. The van der Waals surface area contributed by atoms with Crippen LogP contribution < -0.4 is 0 Å². The molecule has 1 aromatic rings. The molecule has 0 amide bonds. The number of carboxylic acid groups (broad SMARTS) is 1. The van der Waals surface area contributed by atoms with E-state index in [0.29, 0.717) is 17.9 Å². The SMILES string of the molecule is CCCCCC(C(=O)O)S(=O)(=O)CCc1ccc(Cl)cc1. The Bertz CT molecular complexity index is 552. The Morgan fingerprint density at radius 1 is 1.24 bits per heavy atom. The van der Waals surface area contributed by atoms with E-state index < -0.39 is 21.1 Å². The second-order valence-corrected chi connectivity index (χ2v) is 7.81. The summed E-state index contributed by atoms with van der Waals surface area (Å²) in [5.41, 5.74) is 0.834. The van der Waals surface area contributed by atoms with Gasteiger partial charge in [-0.05, 0) is 30.5 Å². The molecule has 1 N–H and O–H groups in total. The number of halogens is 1. The van der Waals surface area contributed by atoms with E-state index in [1.807, 2.05) is 6.92 Å². The van der Waals surface area contributed by atoms with Crippen LogP contribution in [0.15, 0.2) is 24.3 Å². The molecule has 1 rings (SSSR count). The minimum atomic E-state index is -3.64. The zero-order valence-corrected chi connectivity index (χ0v) is 13.7. The average molecular weight is 333 g/mol. The molecule has 0 aromatic heterocycles. The predicted molar refractivity (Wildman–Crippen MR) is 84.5 cm³/mol. The fourth-order valence-electron chi connectivity index (χ4n) is 2.09. The van der Waals surface area contributed by atoms with Crippen molar-refractivity contribution < 1.29 is 18.3 Å². The topological polar surface area (TPSA) is 71.4 Å². The first-order chi connectivity index (χ1) is 9.86. The van der Waals surface area contributed by atoms with Crippen molar-refractivity contribution in [1.29, 1.82) is 0 Å². The molecule has 0 aliphatic carbocycles. The molecule has 118 valence electrons. The predicted octanol–water partition coefficient (Wildman–Crippen LogP) is 3.33. The maximum Gasteiger partial charge on any atom is 0.321 e. The van der Waals surface area contributed by atoms with Gasteiger partial charge in [-0.25, -0.2) is 8.42 Å². The fraction of sp³-hybridized carbons (Fsp3) is 0.533. The van der Waals surface area contributed by atoms with Gasteiger partial charge in [0, 0.05) is 5.02 Å². The van der Waals surface area contributed by atoms with Gasteiger partial charge in [-0.1, -0.05) is 49.9 Å². The summed E-state index contributed by atoms with van der Waals surface area (Å²) in [6.07, 6.45) is 2.88. The quantitative estimate of drug-likeness (QED) is 0.704. The van der Waals surface area contributed by atoms with Gasteiger partial charge in [0.25, 0.3) is 0 Å². The van der Waals surface area contributed by atoms with E-state index in [9.17, 15) is 13.2 Å². The molecule has 0 heterocycles. The maximum atomic E-state index is 12.2. The Morgan fingerprint density at radius 3 is 2.38 bits per heavy atom. The molecule has 0 radical (unpaired) electrons. The minimum absolute atomic E-state index is 0.155. The Hall–Kier alpha value is -1.07. The van der Waals surface area contributed by atoms with Gasteiger partial charge in [0.2, 0.25) is 0 Å². The summed E-state index contributed by atoms with van der Waals surface area (Å²) in [4.78, 5) is 11.2. The zero-order chi connectivity index (χ0) is 15.9. The normalized spacial score (nSPS) is 13.0. The first-order valence-electron chi connectivity index (χ1n) is 7.05. The van der Waals surface area contributed by atoms with Crippen LogP contribution in [-0.2, 0) is 21.1 Å². The summed E-state index contributed by atoms with van der Waals surface area (Å²) in [5.74, 6) is -1.40. The van der Waals surface area contributed by atoms with Crippen LogP contribution in [0, 0.1) is 0 Å². The molecule has 0 saturated heterocycles. The Balaban J connectivity index is 2.67. The lowest BCUT2D eigenvalue weighted by Crippen LogP contribution is -2.32. The number of aryl methyl sites for hydroxylation is 1. The fourth-order valence-corrected chi connectivity index (χ4v) is 3.85. The largest absolute Gasteiger partial charge is 0.480 e. The van der Waals surface area contributed by atoms with Crippen molar-refractivity contribution in [2.24, 2.45) is 0 Å². The van der Waals surface area contributed by atoms with Gasteiger partial charge in [0.05, 0.1) is 5.75 Å². The molecule has 21 heavy (non-hydrogen) atoms. The molecule has 0 spiro atoms. The number of carbonyl (C=O) groups is 1. The highest BCUT2D eigenvalue weighted by Gasteiger charge is 2.31. The van der Waals surface area contributed by atoms with Crippen LogP contribution in [-0.4, -0.2) is 30.5 Å². The second kappa shape index (κ2) is 8.39. The molecule has 0 bridgehead atoms. The number of sulfone groups is 1. The standard InChI is InChI=1S/C15H21ClO4S/c1-2-3-4-5-14(15(17)18)21(19,20)11-10-12-6-8-13(16)9-7-12/h6-9,14H,2-5,10-11H2,1H3,(H,17,18). The van der Waals surface area contributed by atoms with Crippen molar-refractivity contribution in [2.75, 3.05) is 5.75 Å². The highest BCUT2D eigenvalue weighted by molar-refractivity contribution is 7.92. The van der Waals surface area contributed by atoms with Gasteiger partial charge >= 0.3 is 5.97 Å². The third-order valence-electron chi connectivity index (χ3n) is 3.37. The van der Waals surface area contributed by atoms with Crippen LogP contribution in [0.4, 0.5) is 0 Å². The smallest absolute Gasteiger partial charge is 0.321 e. The number of hydrogen-bond acceptors (Lipinski definition) is 3. The number of carboxylic acids is 1. The van der Waals surface area contributed by atoms with Crippen molar-refractivity contribution in [1.82, 2.24) is 0 Å². The lowest BCUT2D eigenvalue weighted by Gasteiger charge is -2.13. The summed E-state index contributed by atoms with van der Waals surface area (Å²) < 4.78 is 24.4. The third kappa shape index (κ3) is 6.06. The van der Waals surface area contributed by atoms with Gasteiger partial charge in [-0.2, -0.15) is 0 Å². The minimum Gasteiger partial charge on any atom is -0.480 e.